The molecule has 39 heavy (non-hydrogen) atoms. The van der Waals surface area contributed by atoms with Crippen LogP contribution in [0.25, 0.3) is 0 Å². The van der Waals surface area contributed by atoms with Crippen LogP contribution in [0.2, 0.25) is 0 Å². The lowest BCUT2D eigenvalue weighted by molar-refractivity contribution is -0.144. The zero-order valence-electron chi connectivity index (χ0n) is 22.2. The molecule has 1 atom stereocenters. The predicted octanol–water partition coefficient (Wildman–Crippen LogP) is 6.42. The first-order valence-electron chi connectivity index (χ1n) is 12.9. The Morgan fingerprint density at radius 1 is 1.00 bits per heavy atom. The highest BCUT2D eigenvalue weighted by Crippen LogP contribution is 2.38. The molecule has 0 saturated carbocycles. The molecule has 1 heterocycles. The topological polar surface area (TPSA) is 66.8 Å². The molecule has 206 valence electrons. The van der Waals surface area contributed by atoms with Crippen molar-refractivity contribution in [1.82, 2.24) is 4.90 Å². The number of hydrogen-bond acceptors (Lipinski definition) is 3. The summed E-state index contributed by atoms with van der Waals surface area (Å²) in [5.41, 5.74) is 3.02. The van der Waals surface area contributed by atoms with Crippen LogP contribution < -0.4 is 4.74 Å². The molecule has 3 aromatic rings. The fourth-order valence-electron chi connectivity index (χ4n) is 4.98. The number of carbonyl (C=O) groups excluding carboxylic acids is 1. The van der Waals surface area contributed by atoms with Crippen molar-refractivity contribution < 1.29 is 32.6 Å². The molecular weight excluding hydrogens is 507 g/mol. The monoisotopic (exact) mass is 539 g/mol. The molecule has 1 aliphatic rings. The lowest BCUT2D eigenvalue weighted by atomic mass is 9.90. The number of carbonyl (C=O) groups is 2. The van der Waals surface area contributed by atoms with Gasteiger partial charge in [0.1, 0.15) is 17.9 Å². The number of ether oxygens (including phenoxy) is 1. The van der Waals surface area contributed by atoms with Gasteiger partial charge in [-0.2, -0.15) is 13.2 Å². The fraction of sp³-hybridized carbons (Fsp3) is 0.355. The van der Waals surface area contributed by atoms with E-state index in [1.165, 1.54) is 23.3 Å². The third-order valence-electron chi connectivity index (χ3n) is 6.93. The first kappa shape index (κ1) is 28.2. The molecular formula is C31H32F3NO4. The van der Waals surface area contributed by atoms with Gasteiger partial charge in [-0.3, -0.25) is 9.59 Å². The van der Waals surface area contributed by atoms with Crippen LogP contribution in [0.15, 0.2) is 66.7 Å². The molecule has 5 nitrogen and oxygen atoms in total. The number of alkyl halides is 3. The van der Waals surface area contributed by atoms with Gasteiger partial charge in [-0.1, -0.05) is 62.4 Å². The Bertz CT molecular complexity index is 1350. The number of halogens is 3. The number of hydrogen-bond donors (Lipinski definition) is 1. The lowest BCUT2D eigenvalue weighted by Gasteiger charge is -2.24. The second-order valence-electron chi connectivity index (χ2n) is 10.8. The molecule has 0 unspecified atom stereocenters. The van der Waals surface area contributed by atoms with E-state index in [0.29, 0.717) is 17.9 Å². The van der Waals surface area contributed by atoms with Crippen LogP contribution in [0.4, 0.5) is 13.2 Å². The van der Waals surface area contributed by atoms with Crippen molar-refractivity contribution in [2.24, 2.45) is 0 Å². The Balaban J connectivity index is 1.45. The van der Waals surface area contributed by atoms with E-state index < -0.39 is 35.8 Å². The molecule has 0 radical (unpaired) electrons. The van der Waals surface area contributed by atoms with Gasteiger partial charge < -0.3 is 14.7 Å². The van der Waals surface area contributed by atoms with Crippen molar-refractivity contribution in [3.05, 3.63) is 100 Å². The Morgan fingerprint density at radius 2 is 1.69 bits per heavy atom. The summed E-state index contributed by atoms with van der Waals surface area (Å²) in [7, 11) is 0. The molecule has 1 N–H and O–H groups in total. The molecule has 0 fully saturated rings. The summed E-state index contributed by atoms with van der Waals surface area (Å²) in [6, 6.07) is 18.6. The summed E-state index contributed by atoms with van der Waals surface area (Å²) in [5.74, 6) is -0.519. The summed E-state index contributed by atoms with van der Waals surface area (Å²) in [6.07, 6.45) is -3.24. The van der Waals surface area contributed by atoms with E-state index in [1.807, 2.05) is 12.1 Å². The Kier molecular flexibility index (Phi) is 8.04. The number of aliphatic carboxylic acids is 1. The summed E-state index contributed by atoms with van der Waals surface area (Å²) < 4.78 is 45.6. The second kappa shape index (κ2) is 11.1. The third-order valence-corrected chi connectivity index (χ3v) is 6.93. The molecule has 0 bridgehead atoms. The minimum Gasteiger partial charge on any atom is -0.487 e. The van der Waals surface area contributed by atoms with Gasteiger partial charge in [-0.15, -0.1) is 0 Å². The molecule has 1 amide bonds. The van der Waals surface area contributed by atoms with Gasteiger partial charge in [0, 0.05) is 19.4 Å². The maximum absolute atomic E-state index is 13.1. The van der Waals surface area contributed by atoms with Gasteiger partial charge >= 0.3 is 12.1 Å². The van der Waals surface area contributed by atoms with Crippen LogP contribution in [0.1, 0.15) is 60.1 Å². The van der Waals surface area contributed by atoms with E-state index in [2.05, 4.69) is 45.0 Å². The van der Waals surface area contributed by atoms with Crippen LogP contribution in [-0.4, -0.2) is 34.0 Å². The van der Waals surface area contributed by atoms with E-state index in [1.54, 1.807) is 6.07 Å². The van der Waals surface area contributed by atoms with E-state index in [9.17, 15) is 27.9 Å². The largest absolute Gasteiger partial charge is 0.487 e. The van der Waals surface area contributed by atoms with Crippen LogP contribution >= 0.6 is 0 Å². The van der Waals surface area contributed by atoms with E-state index in [-0.39, 0.29) is 18.5 Å². The van der Waals surface area contributed by atoms with Gasteiger partial charge in [0.25, 0.3) is 0 Å². The summed E-state index contributed by atoms with van der Waals surface area (Å²) in [6.45, 7) is 5.51. The van der Waals surface area contributed by atoms with E-state index >= 15 is 0 Å². The average Bonchev–Trinajstić information content (AvgIpc) is 3.18. The Hall–Kier alpha value is -3.81. The van der Waals surface area contributed by atoms with E-state index in [4.69, 9.17) is 4.74 Å². The molecule has 4 rings (SSSR count). The van der Waals surface area contributed by atoms with Crippen molar-refractivity contribution in [2.75, 3.05) is 6.54 Å². The Labute approximate surface area is 226 Å². The Morgan fingerprint density at radius 3 is 2.33 bits per heavy atom. The molecule has 0 saturated heterocycles. The number of benzene rings is 3. The molecule has 0 aliphatic carbocycles. The van der Waals surface area contributed by atoms with Crippen molar-refractivity contribution in [1.29, 1.82) is 0 Å². The summed E-state index contributed by atoms with van der Waals surface area (Å²) >= 11 is 0. The van der Waals surface area contributed by atoms with Gasteiger partial charge in [-0.05, 0) is 58.9 Å². The first-order valence-corrected chi connectivity index (χ1v) is 12.9. The van der Waals surface area contributed by atoms with Gasteiger partial charge in [0.2, 0.25) is 5.91 Å². The smallest absolute Gasteiger partial charge is 0.416 e. The zero-order valence-corrected chi connectivity index (χ0v) is 22.2. The fourth-order valence-corrected chi connectivity index (χ4v) is 4.98. The standard InChI is InChI=1S/C31H32F3NO4/c1-20(2)24-10-7-21(8-11-24)16-30(3)17-25-13-22(9-12-27(25)39-30)15-28(36)35(19-29(37)38)18-23-5-4-6-26(14-23)31(32,33)34/h4-14,20H,15-19H2,1-3H3,(H,37,38)/t30-/m0/s1. The quantitative estimate of drug-likeness (QED) is 0.341. The maximum atomic E-state index is 13.1. The SMILES string of the molecule is CC(C)c1ccc(C[C@@]2(C)Cc3cc(CC(=O)N(CC(=O)O)Cc4cccc(C(F)(F)F)c4)ccc3O2)cc1. The predicted molar refractivity (Wildman–Crippen MR) is 142 cm³/mol. The van der Waals surface area contributed by atoms with Crippen LogP contribution in [0.5, 0.6) is 5.75 Å². The van der Waals surface area contributed by atoms with Gasteiger partial charge in [0.15, 0.2) is 0 Å². The number of carboxylic acid groups (broad SMARTS) is 1. The summed E-state index contributed by atoms with van der Waals surface area (Å²) in [4.78, 5) is 25.6. The van der Waals surface area contributed by atoms with E-state index in [0.717, 1.165) is 34.8 Å². The van der Waals surface area contributed by atoms with Crippen molar-refractivity contribution in [3.63, 3.8) is 0 Å². The highest BCUT2D eigenvalue weighted by Gasteiger charge is 2.35. The van der Waals surface area contributed by atoms with Crippen molar-refractivity contribution in [3.8, 4) is 5.75 Å². The first-order chi connectivity index (χ1) is 18.3. The van der Waals surface area contributed by atoms with Gasteiger partial charge in [0.05, 0.1) is 12.0 Å². The summed E-state index contributed by atoms with van der Waals surface area (Å²) in [5, 5.41) is 9.32. The number of fused-ring (bicyclic) bond motifs is 1. The lowest BCUT2D eigenvalue weighted by Crippen LogP contribution is -2.36. The third kappa shape index (κ3) is 7.19. The van der Waals surface area contributed by atoms with Gasteiger partial charge in [-0.25, -0.2) is 0 Å². The molecule has 0 spiro atoms. The highest BCUT2D eigenvalue weighted by atomic mass is 19.4. The maximum Gasteiger partial charge on any atom is 0.416 e. The number of amides is 1. The minimum absolute atomic E-state index is 0.0765. The second-order valence-corrected chi connectivity index (χ2v) is 10.8. The number of rotatable bonds is 9. The normalized spacial score (nSPS) is 16.6. The average molecular weight is 540 g/mol. The molecule has 3 aromatic carbocycles. The van der Waals surface area contributed by atoms with Crippen LogP contribution in [0.3, 0.4) is 0 Å². The molecule has 1 aliphatic heterocycles. The van der Waals surface area contributed by atoms with Crippen molar-refractivity contribution in [2.45, 2.75) is 64.3 Å². The molecule has 8 heteroatoms. The zero-order chi connectivity index (χ0) is 28.4. The highest BCUT2D eigenvalue weighted by molar-refractivity contribution is 5.83. The molecule has 0 aromatic heterocycles. The number of carboxylic acids is 1. The minimum atomic E-state index is -4.53. The van der Waals surface area contributed by atoms with Crippen LogP contribution in [-0.2, 0) is 41.6 Å². The number of nitrogens with zero attached hydrogens (tertiary/aromatic N) is 1. The van der Waals surface area contributed by atoms with Crippen molar-refractivity contribution >= 4 is 11.9 Å². The van der Waals surface area contributed by atoms with Crippen LogP contribution in [0, 0.1) is 0 Å².